The molecule has 4 aromatic carbocycles. The maximum absolute atomic E-state index is 13.2. The van der Waals surface area contributed by atoms with E-state index in [1.54, 1.807) is 24.3 Å². The van der Waals surface area contributed by atoms with Crippen LogP contribution in [0.15, 0.2) is 109 Å². The van der Waals surface area contributed by atoms with Gasteiger partial charge in [0.15, 0.2) is 0 Å². The molecular weight excluding hydrogens is 436 g/mol. The van der Waals surface area contributed by atoms with E-state index < -0.39 is 24.1 Å². The monoisotopic (exact) mass is 458 g/mol. The molecule has 4 aromatic rings. The molecule has 0 aliphatic heterocycles. The maximum atomic E-state index is 13.2. The standard InChI is InChI=1S/C31H22O4/c32-29(19-11-3-1-4-12-19)34-27-25-21-15-7-9-17-23(21)31(25)24-18-10-8-16-22(24)26(31)28(27)35-30(33)20-13-5-2-6-14-20/h1-18,25-28H/t25-,26?,27?,28?,31?/m1/s1. The second-order valence-electron chi connectivity index (χ2n) is 9.47. The van der Waals surface area contributed by atoms with Crippen LogP contribution in [0.5, 0.6) is 0 Å². The first-order valence-electron chi connectivity index (χ1n) is 11.9. The van der Waals surface area contributed by atoms with Crippen molar-refractivity contribution >= 4 is 11.9 Å². The molecule has 0 aromatic heterocycles. The van der Waals surface area contributed by atoms with Gasteiger partial charge < -0.3 is 9.47 Å². The second kappa shape index (κ2) is 7.41. The lowest BCUT2D eigenvalue weighted by Crippen LogP contribution is -2.53. The molecule has 170 valence electrons. The van der Waals surface area contributed by atoms with Crippen LogP contribution in [0.2, 0.25) is 0 Å². The minimum atomic E-state index is -0.595. The largest absolute Gasteiger partial charge is 0.454 e. The van der Waals surface area contributed by atoms with Crippen molar-refractivity contribution in [3.8, 4) is 0 Å². The number of carbonyl (C=O) groups excluding carboxylic acids is 2. The summed E-state index contributed by atoms with van der Waals surface area (Å²) in [6.07, 6.45) is -1.19. The highest BCUT2D eigenvalue weighted by Crippen LogP contribution is 2.76. The lowest BCUT2D eigenvalue weighted by atomic mass is 9.44. The Balaban J connectivity index is 1.34. The van der Waals surface area contributed by atoms with Gasteiger partial charge in [-0.2, -0.15) is 0 Å². The van der Waals surface area contributed by atoms with Gasteiger partial charge >= 0.3 is 11.9 Å². The van der Waals surface area contributed by atoms with E-state index in [4.69, 9.17) is 9.47 Å². The molecule has 4 nitrogen and oxygen atoms in total. The Hall–Kier alpha value is -4.18. The average molecular weight is 459 g/mol. The third kappa shape index (κ3) is 2.62. The summed E-state index contributed by atoms with van der Waals surface area (Å²) in [5.41, 5.74) is 5.47. The highest BCUT2D eigenvalue weighted by molar-refractivity contribution is 5.91. The SMILES string of the molecule is O=C(OC1C(OC(=O)c2ccccc2)[C@H]2c3ccccc3C23c2ccccc2C13)c1ccccc1. The number of carbonyl (C=O) groups is 2. The molecule has 35 heavy (non-hydrogen) atoms. The summed E-state index contributed by atoms with van der Waals surface area (Å²) in [4.78, 5) is 26.5. The molecule has 3 aliphatic carbocycles. The first kappa shape index (κ1) is 20.2. The molecule has 4 heteroatoms. The maximum Gasteiger partial charge on any atom is 0.338 e. The van der Waals surface area contributed by atoms with Crippen molar-refractivity contribution < 1.29 is 19.1 Å². The van der Waals surface area contributed by atoms with Gasteiger partial charge in [0.25, 0.3) is 0 Å². The predicted molar refractivity (Wildman–Crippen MR) is 130 cm³/mol. The van der Waals surface area contributed by atoms with E-state index in [1.807, 2.05) is 48.5 Å². The van der Waals surface area contributed by atoms with Gasteiger partial charge in [0.1, 0.15) is 12.2 Å². The van der Waals surface area contributed by atoms with Crippen LogP contribution in [-0.4, -0.2) is 24.1 Å². The molecule has 0 bridgehead atoms. The van der Waals surface area contributed by atoms with Crippen molar-refractivity contribution in [2.24, 2.45) is 0 Å². The molecule has 0 radical (unpaired) electrons. The first-order chi connectivity index (χ1) is 17.2. The Bertz CT molecular complexity index is 1350. The first-order valence-corrected chi connectivity index (χ1v) is 11.9. The van der Waals surface area contributed by atoms with Gasteiger partial charge in [-0.15, -0.1) is 0 Å². The lowest BCUT2D eigenvalue weighted by molar-refractivity contribution is -0.0318. The zero-order valence-electron chi connectivity index (χ0n) is 18.8. The Morgan fingerprint density at radius 3 is 1.31 bits per heavy atom. The van der Waals surface area contributed by atoms with Gasteiger partial charge in [0.2, 0.25) is 0 Å². The highest BCUT2D eigenvalue weighted by atomic mass is 16.6. The number of rotatable bonds is 4. The van der Waals surface area contributed by atoms with E-state index in [9.17, 15) is 9.59 Å². The minimum absolute atomic E-state index is 0.0696. The fourth-order valence-corrected chi connectivity index (χ4v) is 6.69. The van der Waals surface area contributed by atoms with Crippen molar-refractivity contribution in [3.05, 3.63) is 143 Å². The van der Waals surface area contributed by atoms with Crippen molar-refractivity contribution in [3.63, 3.8) is 0 Å². The summed E-state index contributed by atoms with van der Waals surface area (Å²) in [6.45, 7) is 0. The van der Waals surface area contributed by atoms with E-state index in [2.05, 4.69) is 36.4 Å². The average Bonchev–Trinajstić information content (AvgIpc) is 3.09. The number of fused-ring (bicyclic) bond motifs is 4. The van der Waals surface area contributed by atoms with Crippen LogP contribution in [0.3, 0.4) is 0 Å². The highest BCUT2D eigenvalue weighted by Gasteiger charge is 2.76. The molecule has 4 unspecified atom stereocenters. The molecule has 1 saturated carbocycles. The van der Waals surface area contributed by atoms with Crippen LogP contribution < -0.4 is 0 Å². The number of benzene rings is 4. The van der Waals surface area contributed by atoms with Gasteiger partial charge in [-0.05, 0) is 46.5 Å². The fraction of sp³-hybridized carbons (Fsp3) is 0.161. The van der Waals surface area contributed by atoms with Crippen molar-refractivity contribution in [2.45, 2.75) is 29.5 Å². The Labute approximate surface area is 203 Å². The molecule has 0 saturated heterocycles. The van der Waals surface area contributed by atoms with Gasteiger partial charge in [0.05, 0.1) is 11.1 Å². The van der Waals surface area contributed by atoms with Crippen LogP contribution in [0, 0.1) is 0 Å². The van der Waals surface area contributed by atoms with E-state index in [0.29, 0.717) is 11.1 Å². The van der Waals surface area contributed by atoms with Crippen LogP contribution in [0.4, 0.5) is 0 Å². The summed E-state index contributed by atoms with van der Waals surface area (Å²) >= 11 is 0. The Kier molecular flexibility index (Phi) is 4.28. The van der Waals surface area contributed by atoms with E-state index in [1.165, 1.54) is 11.1 Å². The number of ether oxygens (including phenoxy) is 2. The van der Waals surface area contributed by atoms with Gasteiger partial charge in [-0.25, -0.2) is 9.59 Å². The number of esters is 2. The number of hydrogen-bond donors (Lipinski definition) is 0. The fourth-order valence-electron chi connectivity index (χ4n) is 6.69. The van der Waals surface area contributed by atoms with E-state index in [-0.39, 0.29) is 17.3 Å². The smallest absolute Gasteiger partial charge is 0.338 e. The normalized spacial score (nSPS) is 26.6. The summed E-state index contributed by atoms with van der Waals surface area (Å²) < 4.78 is 12.5. The molecule has 0 heterocycles. The number of hydrogen-bond acceptors (Lipinski definition) is 4. The van der Waals surface area contributed by atoms with Crippen LogP contribution in [0.1, 0.15) is 54.8 Å². The third-order valence-electron chi connectivity index (χ3n) is 7.95. The second-order valence-corrected chi connectivity index (χ2v) is 9.47. The summed E-state index contributed by atoms with van der Waals surface area (Å²) in [7, 11) is 0. The molecule has 0 amide bonds. The molecule has 0 N–H and O–H groups in total. The zero-order valence-corrected chi connectivity index (χ0v) is 18.8. The molecule has 3 aliphatic rings. The molecule has 1 fully saturated rings. The molecule has 5 atom stereocenters. The predicted octanol–water partition coefficient (Wildman–Crippen LogP) is 5.63. The molecule has 7 rings (SSSR count). The van der Waals surface area contributed by atoms with Gasteiger partial charge in [-0.3, -0.25) is 0 Å². The summed E-state index contributed by atoms with van der Waals surface area (Å²) in [6, 6.07) is 34.7. The molecule has 1 spiro atoms. The van der Waals surface area contributed by atoms with Gasteiger partial charge in [-0.1, -0.05) is 84.9 Å². The van der Waals surface area contributed by atoms with Crippen LogP contribution in [0.25, 0.3) is 0 Å². The lowest BCUT2D eigenvalue weighted by Gasteiger charge is -2.58. The Morgan fingerprint density at radius 2 is 0.886 bits per heavy atom. The van der Waals surface area contributed by atoms with Crippen molar-refractivity contribution in [1.82, 2.24) is 0 Å². The van der Waals surface area contributed by atoms with Gasteiger partial charge in [0, 0.05) is 17.3 Å². The zero-order chi connectivity index (χ0) is 23.6. The summed E-state index contributed by atoms with van der Waals surface area (Å²) in [5, 5.41) is 0. The van der Waals surface area contributed by atoms with Crippen molar-refractivity contribution in [1.29, 1.82) is 0 Å². The van der Waals surface area contributed by atoms with Crippen LogP contribution in [-0.2, 0) is 14.9 Å². The minimum Gasteiger partial charge on any atom is -0.454 e. The molecular formula is C31H22O4. The summed E-state index contributed by atoms with van der Waals surface area (Å²) in [5.74, 6) is -0.942. The quantitative estimate of drug-likeness (QED) is 0.372. The van der Waals surface area contributed by atoms with E-state index in [0.717, 1.165) is 11.1 Å². The topological polar surface area (TPSA) is 52.6 Å². The Morgan fingerprint density at radius 1 is 0.514 bits per heavy atom. The van der Waals surface area contributed by atoms with E-state index >= 15 is 0 Å². The third-order valence-corrected chi connectivity index (χ3v) is 7.95. The van der Waals surface area contributed by atoms with Crippen LogP contribution >= 0.6 is 0 Å². The van der Waals surface area contributed by atoms with Crippen molar-refractivity contribution in [2.75, 3.05) is 0 Å².